The molecule has 13 nitrogen and oxygen atoms in total. The van der Waals surface area contributed by atoms with E-state index < -0.39 is 83.6 Å². The molecule has 0 aliphatic carbocycles. The van der Waals surface area contributed by atoms with Crippen molar-refractivity contribution in [2.75, 3.05) is 20.3 Å². The molecule has 0 aromatic heterocycles. The highest BCUT2D eigenvalue weighted by Crippen LogP contribution is 2.28. The number of ether oxygens (including phenoxy) is 6. The summed E-state index contributed by atoms with van der Waals surface area (Å²) in [5, 5.41) is 5.42. The number of alkyl carbamates (subject to hydrolysis) is 1. The van der Waals surface area contributed by atoms with Crippen LogP contribution in [0.3, 0.4) is 0 Å². The van der Waals surface area contributed by atoms with Crippen LogP contribution in [0.2, 0.25) is 0 Å². The van der Waals surface area contributed by atoms with Crippen molar-refractivity contribution in [1.29, 1.82) is 0 Å². The minimum atomic E-state index is -1.94. The van der Waals surface area contributed by atoms with E-state index in [0.29, 0.717) is 0 Å². The molecule has 0 bridgehead atoms. The fourth-order valence-corrected chi connectivity index (χ4v) is 4.13. The lowest BCUT2D eigenvalue weighted by atomic mass is 9.94. The zero-order valence-electron chi connectivity index (χ0n) is 22.6. The van der Waals surface area contributed by atoms with Gasteiger partial charge >= 0.3 is 30.0 Å². The molecule has 41 heavy (non-hydrogen) atoms. The fourth-order valence-electron chi connectivity index (χ4n) is 3.97. The standard InChI is InChI=1S/C25H31Cl3N2O11/c1-13(31)37-11-18-20(39-14(2)32)21(40-15(3)33)19(30-24(35)38-12-25(26,27)28)22(41-18)29-17(23(34)36-4)10-16-8-6-5-7-9-16/h5-9,17-22,29H,10-12H2,1-4H3,(H,30,35)/t17-,18+,19+,20+,21+,22+/m0/s1. The summed E-state index contributed by atoms with van der Waals surface area (Å²) < 4.78 is 30.0. The van der Waals surface area contributed by atoms with Crippen LogP contribution in [0.25, 0.3) is 0 Å². The molecular weight excluding hydrogens is 611 g/mol. The highest BCUT2D eigenvalue weighted by atomic mass is 35.6. The van der Waals surface area contributed by atoms with E-state index in [0.717, 1.165) is 26.3 Å². The van der Waals surface area contributed by atoms with E-state index in [1.165, 1.54) is 7.11 Å². The Morgan fingerprint density at radius 2 is 1.54 bits per heavy atom. The number of carbonyl (C=O) groups is 5. The van der Waals surface area contributed by atoms with E-state index in [4.69, 9.17) is 63.2 Å². The van der Waals surface area contributed by atoms with Crippen LogP contribution in [0.15, 0.2) is 30.3 Å². The lowest BCUT2D eigenvalue weighted by Gasteiger charge is -2.46. The number of methoxy groups -OCH3 is 1. The normalized spacial score (nSPS) is 23.0. The molecular formula is C25H31Cl3N2O11. The number of carbonyl (C=O) groups excluding carboxylic acids is 5. The average molecular weight is 642 g/mol. The first-order valence-corrected chi connectivity index (χ1v) is 13.3. The van der Waals surface area contributed by atoms with E-state index >= 15 is 0 Å². The van der Waals surface area contributed by atoms with Crippen LogP contribution in [0.4, 0.5) is 4.79 Å². The summed E-state index contributed by atoms with van der Waals surface area (Å²) in [6.45, 7) is 2.27. The van der Waals surface area contributed by atoms with Gasteiger partial charge < -0.3 is 33.7 Å². The average Bonchev–Trinajstić information content (AvgIpc) is 2.88. The van der Waals surface area contributed by atoms with Crippen LogP contribution < -0.4 is 10.6 Å². The first-order chi connectivity index (χ1) is 19.2. The van der Waals surface area contributed by atoms with Crippen molar-refractivity contribution >= 4 is 64.8 Å². The van der Waals surface area contributed by atoms with E-state index in [-0.39, 0.29) is 6.42 Å². The van der Waals surface area contributed by atoms with Gasteiger partial charge in [-0.2, -0.15) is 0 Å². The molecule has 0 spiro atoms. The van der Waals surface area contributed by atoms with Gasteiger partial charge in [0.25, 0.3) is 0 Å². The first kappa shape index (κ1) is 34.4. The minimum Gasteiger partial charge on any atom is -0.468 e. The molecule has 1 fully saturated rings. The van der Waals surface area contributed by atoms with Crippen LogP contribution in [-0.4, -0.2) is 90.7 Å². The van der Waals surface area contributed by atoms with Crippen LogP contribution >= 0.6 is 34.8 Å². The summed E-state index contributed by atoms with van der Waals surface area (Å²) in [5.41, 5.74) is 0.753. The third-order valence-electron chi connectivity index (χ3n) is 5.53. The predicted molar refractivity (Wildman–Crippen MR) is 144 cm³/mol. The number of amides is 1. The Labute approximate surface area is 251 Å². The molecule has 1 saturated heterocycles. The molecule has 1 heterocycles. The van der Waals surface area contributed by atoms with E-state index in [9.17, 15) is 24.0 Å². The Hall–Kier alpha value is -2.84. The van der Waals surface area contributed by atoms with Gasteiger partial charge in [0.05, 0.1) is 7.11 Å². The van der Waals surface area contributed by atoms with Crippen molar-refractivity contribution in [1.82, 2.24) is 10.6 Å². The van der Waals surface area contributed by atoms with Crippen molar-refractivity contribution < 1.29 is 52.4 Å². The van der Waals surface area contributed by atoms with Crippen LogP contribution in [0.5, 0.6) is 0 Å². The smallest absolute Gasteiger partial charge is 0.407 e. The van der Waals surface area contributed by atoms with Crippen molar-refractivity contribution in [3.8, 4) is 0 Å². The molecule has 16 heteroatoms. The summed E-state index contributed by atoms with van der Waals surface area (Å²) in [6.07, 6.45) is -6.35. The van der Waals surface area contributed by atoms with Gasteiger partial charge in [-0.1, -0.05) is 65.1 Å². The summed E-state index contributed by atoms with van der Waals surface area (Å²) in [4.78, 5) is 61.2. The number of benzene rings is 1. The third-order valence-corrected chi connectivity index (χ3v) is 5.86. The Balaban J connectivity index is 2.52. The van der Waals surface area contributed by atoms with Crippen molar-refractivity contribution in [2.45, 2.75) is 67.6 Å². The molecule has 1 aliphatic heterocycles. The van der Waals surface area contributed by atoms with Gasteiger partial charge in [-0.25, -0.2) is 4.79 Å². The van der Waals surface area contributed by atoms with Crippen LogP contribution in [0, 0.1) is 0 Å². The molecule has 228 valence electrons. The Morgan fingerprint density at radius 1 is 0.927 bits per heavy atom. The molecule has 0 unspecified atom stereocenters. The molecule has 1 aromatic rings. The highest BCUT2D eigenvalue weighted by Gasteiger charge is 2.52. The number of halogens is 3. The van der Waals surface area contributed by atoms with E-state index in [2.05, 4.69) is 10.6 Å². The summed E-state index contributed by atoms with van der Waals surface area (Å²) in [6, 6.07) is 6.52. The van der Waals surface area contributed by atoms with Gasteiger partial charge in [-0.15, -0.1) is 0 Å². The zero-order chi connectivity index (χ0) is 30.7. The largest absolute Gasteiger partial charge is 0.468 e. The maximum absolute atomic E-state index is 12.8. The van der Waals surface area contributed by atoms with Crippen molar-refractivity contribution in [3.63, 3.8) is 0 Å². The zero-order valence-corrected chi connectivity index (χ0v) is 24.9. The lowest BCUT2D eigenvalue weighted by Crippen LogP contribution is -2.70. The second kappa shape index (κ2) is 16.0. The quantitative estimate of drug-likeness (QED) is 0.205. The van der Waals surface area contributed by atoms with Gasteiger partial charge in [-0.05, 0) is 12.0 Å². The van der Waals surface area contributed by atoms with Crippen molar-refractivity contribution in [3.05, 3.63) is 35.9 Å². The molecule has 2 N–H and O–H groups in total. The second-order valence-corrected chi connectivity index (χ2v) is 11.4. The summed E-state index contributed by atoms with van der Waals surface area (Å²) in [5.74, 6) is -2.95. The number of rotatable bonds is 11. The van der Waals surface area contributed by atoms with E-state index in [1.807, 2.05) is 0 Å². The lowest BCUT2D eigenvalue weighted by molar-refractivity contribution is -0.228. The van der Waals surface area contributed by atoms with E-state index in [1.54, 1.807) is 30.3 Å². The van der Waals surface area contributed by atoms with Crippen LogP contribution in [0.1, 0.15) is 26.3 Å². The molecule has 2 rings (SSSR count). The SMILES string of the molecule is COC(=O)[C@H](Cc1ccccc1)N[C@@H]1O[C@H](COC(C)=O)[C@@H](OC(C)=O)[C@H](OC(C)=O)[C@H]1NC(=O)OCC(Cl)(Cl)Cl. The first-order valence-electron chi connectivity index (χ1n) is 12.2. The summed E-state index contributed by atoms with van der Waals surface area (Å²) >= 11 is 17.0. The number of alkyl halides is 3. The number of nitrogens with one attached hydrogen (secondary N) is 2. The maximum atomic E-state index is 12.8. The second-order valence-electron chi connectivity index (χ2n) is 8.84. The topological polar surface area (TPSA) is 165 Å². The Kier molecular flexibility index (Phi) is 13.4. The molecule has 0 saturated carbocycles. The monoisotopic (exact) mass is 640 g/mol. The fraction of sp³-hybridized carbons (Fsp3) is 0.560. The van der Waals surface area contributed by atoms with Gasteiger partial charge in [0.1, 0.15) is 37.6 Å². The van der Waals surface area contributed by atoms with Crippen molar-refractivity contribution in [2.24, 2.45) is 0 Å². The Bertz CT molecular complexity index is 1070. The maximum Gasteiger partial charge on any atom is 0.407 e. The number of hydrogen-bond acceptors (Lipinski definition) is 12. The summed E-state index contributed by atoms with van der Waals surface area (Å²) in [7, 11) is 1.19. The minimum absolute atomic E-state index is 0.123. The molecule has 1 aromatic carbocycles. The van der Waals surface area contributed by atoms with Gasteiger partial charge in [0.2, 0.25) is 3.79 Å². The van der Waals surface area contributed by atoms with Gasteiger partial charge in [-0.3, -0.25) is 24.5 Å². The molecule has 0 radical (unpaired) electrons. The Morgan fingerprint density at radius 3 is 2.07 bits per heavy atom. The number of esters is 4. The molecule has 6 atom stereocenters. The molecule has 1 amide bonds. The third kappa shape index (κ3) is 11.9. The van der Waals surface area contributed by atoms with Gasteiger partial charge in [0.15, 0.2) is 12.2 Å². The van der Waals surface area contributed by atoms with Gasteiger partial charge in [0, 0.05) is 20.8 Å². The number of hydrogen-bond donors (Lipinski definition) is 2. The van der Waals surface area contributed by atoms with Crippen LogP contribution in [-0.2, 0) is 54.0 Å². The highest BCUT2D eigenvalue weighted by molar-refractivity contribution is 6.67. The predicted octanol–water partition coefficient (Wildman–Crippen LogP) is 1.98. The molecule has 1 aliphatic rings.